The molecule has 32 heavy (non-hydrogen) atoms. The summed E-state index contributed by atoms with van der Waals surface area (Å²) in [7, 11) is -3.56. The molecule has 2 fully saturated rings. The monoisotopic (exact) mass is 473 g/mol. The molecule has 2 aliphatic rings. The lowest BCUT2D eigenvalue weighted by Gasteiger charge is -2.21. The van der Waals surface area contributed by atoms with Gasteiger partial charge in [-0.1, -0.05) is 12.5 Å². The minimum absolute atomic E-state index is 0.0211. The van der Waals surface area contributed by atoms with Crippen molar-refractivity contribution in [2.24, 2.45) is 0 Å². The van der Waals surface area contributed by atoms with Gasteiger partial charge in [-0.2, -0.15) is 0 Å². The number of ether oxygens (including phenoxy) is 1. The number of sulfonamides is 1. The van der Waals surface area contributed by atoms with Crippen molar-refractivity contribution in [3.63, 3.8) is 0 Å². The van der Waals surface area contributed by atoms with Gasteiger partial charge in [0.2, 0.25) is 15.9 Å². The average Bonchev–Trinajstić information content (AvgIpc) is 3.37. The molecule has 1 unspecified atom stereocenters. The molecule has 1 saturated heterocycles. The number of nitrogens with zero attached hydrogens (tertiary/aromatic N) is 1. The molecule has 1 aliphatic carbocycles. The zero-order chi connectivity index (χ0) is 23.6. The van der Waals surface area contributed by atoms with Crippen LogP contribution in [-0.2, 0) is 20.4 Å². The van der Waals surface area contributed by atoms with Gasteiger partial charge in [0.25, 0.3) is 0 Å². The number of nitrogens with one attached hydrogen (secondary N) is 2. The van der Waals surface area contributed by atoms with Gasteiger partial charge in [0.15, 0.2) is 17.9 Å². The van der Waals surface area contributed by atoms with Crippen molar-refractivity contribution < 1.29 is 32.6 Å². The Bertz CT molecular complexity index is 930. The second kappa shape index (κ2) is 9.60. The quantitative estimate of drug-likeness (QED) is 0.330. The van der Waals surface area contributed by atoms with E-state index in [9.17, 15) is 27.8 Å². The van der Waals surface area contributed by atoms with Crippen LogP contribution in [0.25, 0.3) is 0 Å². The predicted molar refractivity (Wildman–Crippen MR) is 116 cm³/mol. The third-order valence-electron chi connectivity index (χ3n) is 5.51. The molecular weight excluding hydrogens is 441 g/mol. The number of rotatable bonds is 12. The van der Waals surface area contributed by atoms with Crippen molar-refractivity contribution in [1.29, 1.82) is 0 Å². The van der Waals surface area contributed by atoms with Crippen LogP contribution < -0.4 is 14.8 Å². The molecule has 1 aromatic carbocycles. The maximum atomic E-state index is 14.1. The summed E-state index contributed by atoms with van der Waals surface area (Å²) in [5, 5.41) is 21.8. The third kappa shape index (κ3) is 6.85. The molecule has 9 nitrogen and oxygen atoms in total. The van der Waals surface area contributed by atoms with E-state index in [2.05, 4.69) is 10.0 Å². The largest absolute Gasteiger partial charge is 0.488 e. The second-order valence-electron chi connectivity index (χ2n) is 9.22. The SMILES string of the molecule is CC(C)(O)COc1cc(C2(NS(=O)(=O)CCCCCN3CC(=O)NC3O)CC2)ccc1F. The molecule has 1 amide bonds. The standard InChI is InChI=1S/C21H32FN3O6S/c1-20(2,28)14-31-17-12-15(6-7-16(17)22)21(8-9-21)24-32(29,30)11-5-3-4-10-25-13-18(26)23-19(25)27/h6-7,12,19,24,27-28H,3-5,8-11,13-14H2,1-2H3,(H,23,26). The third-order valence-corrected chi connectivity index (χ3v) is 7.03. The van der Waals surface area contributed by atoms with Crippen LogP contribution in [0.3, 0.4) is 0 Å². The number of carbonyl (C=O) groups is 1. The van der Waals surface area contributed by atoms with Crippen molar-refractivity contribution in [3.05, 3.63) is 29.6 Å². The fourth-order valence-corrected chi connectivity index (χ4v) is 5.23. The van der Waals surface area contributed by atoms with Gasteiger partial charge in [-0.15, -0.1) is 0 Å². The lowest BCUT2D eigenvalue weighted by molar-refractivity contribution is -0.119. The van der Waals surface area contributed by atoms with Crippen molar-refractivity contribution in [2.45, 2.75) is 63.4 Å². The van der Waals surface area contributed by atoms with Crippen molar-refractivity contribution >= 4 is 15.9 Å². The Hall–Kier alpha value is -1.79. The Morgan fingerprint density at radius 3 is 2.62 bits per heavy atom. The van der Waals surface area contributed by atoms with E-state index < -0.39 is 33.3 Å². The highest BCUT2D eigenvalue weighted by atomic mass is 32.2. The molecule has 180 valence electrons. The van der Waals surface area contributed by atoms with Crippen LogP contribution in [0, 0.1) is 5.82 Å². The van der Waals surface area contributed by atoms with E-state index in [1.807, 2.05) is 0 Å². The first kappa shape index (κ1) is 24.8. The summed E-state index contributed by atoms with van der Waals surface area (Å²) in [6.07, 6.45) is 1.98. The topological polar surface area (TPSA) is 128 Å². The summed E-state index contributed by atoms with van der Waals surface area (Å²) in [4.78, 5) is 12.8. The first-order valence-electron chi connectivity index (χ1n) is 10.8. The molecule has 1 aromatic rings. The van der Waals surface area contributed by atoms with Gasteiger partial charge in [0.1, 0.15) is 6.61 Å². The summed E-state index contributed by atoms with van der Waals surface area (Å²) in [6, 6.07) is 4.29. The molecule has 1 heterocycles. The van der Waals surface area contributed by atoms with E-state index in [1.54, 1.807) is 24.8 Å². The van der Waals surface area contributed by atoms with Crippen molar-refractivity contribution in [2.75, 3.05) is 25.4 Å². The Morgan fingerprint density at radius 2 is 2.03 bits per heavy atom. The van der Waals surface area contributed by atoms with Crippen LogP contribution in [0.4, 0.5) is 4.39 Å². The molecule has 3 rings (SSSR count). The van der Waals surface area contributed by atoms with Crippen LogP contribution in [0.1, 0.15) is 51.5 Å². The first-order valence-corrected chi connectivity index (χ1v) is 12.4. The van der Waals surface area contributed by atoms with Crippen molar-refractivity contribution in [3.8, 4) is 5.75 Å². The maximum absolute atomic E-state index is 14.1. The zero-order valence-electron chi connectivity index (χ0n) is 18.4. The molecule has 1 saturated carbocycles. The Balaban J connectivity index is 1.50. The summed E-state index contributed by atoms with van der Waals surface area (Å²) in [5.74, 6) is -0.866. The van der Waals surface area contributed by atoms with E-state index in [4.69, 9.17) is 4.74 Å². The summed E-state index contributed by atoms with van der Waals surface area (Å²) >= 11 is 0. The summed E-state index contributed by atoms with van der Waals surface area (Å²) in [6.45, 7) is 3.65. The maximum Gasteiger partial charge on any atom is 0.237 e. The predicted octanol–water partition coefficient (Wildman–Crippen LogP) is 0.762. The normalized spacial score (nSPS) is 20.9. The molecule has 0 spiro atoms. The summed E-state index contributed by atoms with van der Waals surface area (Å²) in [5.41, 5.74) is -1.25. The fraction of sp³-hybridized carbons (Fsp3) is 0.667. The Morgan fingerprint density at radius 1 is 1.31 bits per heavy atom. The van der Waals surface area contributed by atoms with Gasteiger partial charge in [-0.05, 0) is 57.2 Å². The first-order chi connectivity index (χ1) is 14.9. The molecule has 0 bridgehead atoms. The molecule has 0 aromatic heterocycles. The van der Waals surface area contributed by atoms with Gasteiger partial charge in [0.05, 0.1) is 23.4 Å². The number of benzene rings is 1. The number of hydrogen-bond acceptors (Lipinski definition) is 7. The molecule has 4 N–H and O–H groups in total. The van der Waals surface area contributed by atoms with E-state index in [-0.39, 0.29) is 30.6 Å². The lowest BCUT2D eigenvalue weighted by Crippen LogP contribution is -2.37. The molecule has 1 aliphatic heterocycles. The highest BCUT2D eigenvalue weighted by Gasteiger charge is 2.47. The smallest absolute Gasteiger partial charge is 0.237 e. The number of carbonyl (C=O) groups excluding carboxylic acids is 1. The van der Waals surface area contributed by atoms with Crippen LogP contribution >= 0.6 is 0 Å². The van der Waals surface area contributed by atoms with Crippen molar-refractivity contribution in [1.82, 2.24) is 14.9 Å². The highest BCUT2D eigenvalue weighted by molar-refractivity contribution is 7.89. The second-order valence-corrected chi connectivity index (χ2v) is 11.1. The number of amides is 1. The number of unbranched alkanes of at least 4 members (excludes halogenated alkanes) is 2. The van der Waals surface area contributed by atoms with Crippen LogP contribution in [-0.4, -0.2) is 66.8 Å². The van der Waals surface area contributed by atoms with E-state index >= 15 is 0 Å². The number of halogens is 1. The Labute approximate surface area is 188 Å². The fourth-order valence-electron chi connectivity index (χ4n) is 3.63. The number of aliphatic hydroxyl groups excluding tert-OH is 1. The van der Waals surface area contributed by atoms with Gasteiger partial charge in [-0.25, -0.2) is 17.5 Å². The lowest BCUT2D eigenvalue weighted by atomic mass is 10.1. The van der Waals surface area contributed by atoms with Gasteiger partial charge >= 0.3 is 0 Å². The van der Waals surface area contributed by atoms with Gasteiger partial charge in [-0.3, -0.25) is 9.69 Å². The van der Waals surface area contributed by atoms with Crippen LogP contribution in [0.5, 0.6) is 5.75 Å². The minimum Gasteiger partial charge on any atom is -0.488 e. The summed E-state index contributed by atoms with van der Waals surface area (Å²) < 4.78 is 47.5. The highest BCUT2D eigenvalue weighted by Crippen LogP contribution is 2.47. The molecule has 11 heteroatoms. The number of aliphatic hydroxyl groups is 2. The minimum atomic E-state index is -3.56. The molecule has 0 radical (unpaired) electrons. The van der Waals surface area contributed by atoms with Crippen LogP contribution in [0.15, 0.2) is 18.2 Å². The Kier molecular flexibility index (Phi) is 7.45. The number of hydrogen-bond donors (Lipinski definition) is 4. The van der Waals surface area contributed by atoms with Gasteiger partial charge < -0.3 is 20.3 Å². The van der Waals surface area contributed by atoms with Crippen LogP contribution in [0.2, 0.25) is 0 Å². The van der Waals surface area contributed by atoms with E-state index in [0.717, 1.165) is 0 Å². The molecular formula is C21H32FN3O6S. The van der Waals surface area contributed by atoms with E-state index in [1.165, 1.54) is 12.1 Å². The van der Waals surface area contributed by atoms with Gasteiger partial charge in [0, 0.05) is 6.54 Å². The van der Waals surface area contributed by atoms with E-state index in [0.29, 0.717) is 44.2 Å². The zero-order valence-corrected chi connectivity index (χ0v) is 19.3. The molecule has 1 atom stereocenters. The average molecular weight is 474 g/mol.